The average molecular weight is 415 g/mol. The van der Waals surface area contributed by atoms with Gasteiger partial charge < -0.3 is 10.2 Å². The van der Waals surface area contributed by atoms with Crippen LogP contribution in [0, 0.1) is 0 Å². The topological polar surface area (TPSA) is 49.4 Å². The van der Waals surface area contributed by atoms with Gasteiger partial charge in [-0.3, -0.25) is 9.59 Å². The number of rotatable bonds is 8. The molecule has 156 valence electrons. The van der Waals surface area contributed by atoms with Crippen molar-refractivity contribution in [3.8, 4) is 0 Å². The minimum absolute atomic E-state index is 0.0926. The van der Waals surface area contributed by atoms with Crippen molar-refractivity contribution in [1.82, 2.24) is 10.2 Å². The highest BCUT2D eigenvalue weighted by atomic mass is 35.5. The van der Waals surface area contributed by atoms with Crippen molar-refractivity contribution in [3.63, 3.8) is 0 Å². The summed E-state index contributed by atoms with van der Waals surface area (Å²) in [5.74, 6) is -0.217. The highest BCUT2D eigenvalue weighted by molar-refractivity contribution is 6.31. The Morgan fingerprint density at radius 2 is 1.66 bits per heavy atom. The maximum absolute atomic E-state index is 13.2. The van der Waals surface area contributed by atoms with E-state index in [4.69, 9.17) is 11.6 Å². The summed E-state index contributed by atoms with van der Waals surface area (Å²) >= 11 is 6.26. The number of nitrogens with zero attached hydrogens (tertiary/aromatic N) is 1. The third kappa shape index (κ3) is 7.21. The molecule has 0 heterocycles. The Hall–Kier alpha value is -2.33. The van der Waals surface area contributed by atoms with Gasteiger partial charge in [-0.25, -0.2) is 0 Å². The molecule has 2 amide bonds. The molecule has 2 aromatic rings. The van der Waals surface area contributed by atoms with E-state index in [-0.39, 0.29) is 23.8 Å². The van der Waals surface area contributed by atoms with Gasteiger partial charge in [-0.15, -0.1) is 0 Å². The molecule has 1 atom stereocenters. The van der Waals surface area contributed by atoms with Crippen LogP contribution in [0.1, 0.15) is 45.2 Å². The van der Waals surface area contributed by atoms with E-state index >= 15 is 0 Å². The lowest BCUT2D eigenvalue weighted by Crippen LogP contribution is -2.54. The molecule has 4 nitrogen and oxygen atoms in total. The number of nitrogens with one attached hydrogen (secondary N) is 1. The number of hydrogen-bond acceptors (Lipinski definition) is 2. The summed E-state index contributed by atoms with van der Waals surface area (Å²) in [6.07, 6.45) is 1.41. The smallest absolute Gasteiger partial charge is 0.243 e. The Labute approximate surface area is 179 Å². The first kappa shape index (κ1) is 23.0. The van der Waals surface area contributed by atoms with E-state index in [1.807, 2.05) is 76.2 Å². The van der Waals surface area contributed by atoms with Crippen LogP contribution >= 0.6 is 11.6 Å². The molecule has 0 saturated heterocycles. The molecule has 0 aliphatic carbocycles. The zero-order valence-electron chi connectivity index (χ0n) is 17.7. The van der Waals surface area contributed by atoms with Gasteiger partial charge in [-0.05, 0) is 50.8 Å². The molecule has 2 rings (SSSR count). The van der Waals surface area contributed by atoms with Crippen LogP contribution in [0.4, 0.5) is 0 Å². The molecule has 0 bridgehead atoms. The van der Waals surface area contributed by atoms with Crippen molar-refractivity contribution >= 4 is 23.4 Å². The predicted octanol–water partition coefficient (Wildman–Crippen LogP) is 4.65. The van der Waals surface area contributed by atoms with Crippen molar-refractivity contribution < 1.29 is 9.59 Å². The van der Waals surface area contributed by atoms with E-state index in [1.54, 1.807) is 11.0 Å². The standard InChI is InChI=1S/C24H31ClN2O2/c1-5-21(23(29)26-24(2,3)4)27(16-15-18-11-7-6-8-12-18)22(28)17-19-13-9-10-14-20(19)25/h6-14,21H,5,15-17H2,1-4H3,(H,26,29)/t21-/m1/s1. The molecular weight excluding hydrogens is 384 g/mol. The van der Waals surface area contributed by atoms with Crippen molar-refractivity contribution in [1.29, 1.82) is 0 Å². The Morgan fingerprint density at radius 1 is 1.03 bits per heavy atom. The van der Waals surface area contributed by atoms with Crippen molar-refractivity contribution in [3.05, 3.63) is 70.7 Å². The predicted molar refractivity (Wildman–Crippen MR) is 119 cm³/mol. The van der Waals surface area contributed by atoms with Gasteiger partial charge in [0.15, 0.2) is 0 Å². The molecule has 1 N–H and O–H groups in total. The van der Waals surface area contributed by atoms with Crippen LogP contribution in [0.25, 0.3) is 0 Å². The minimum Gasteiger partial charge on any atom is -0.350 e. The van der Waals surface area contributed by atoms with Gasteiger partial charge in [-0.1, -0.05) is 67.1 Å². The first-order valence-electron chi connectivity index (χ1n) is 10.1. The van der Waals surface area contributed by atoms with Crippen molar-refractivity contribution in [2.24, 2.45) is 0 Å². The number of amides is 2. The molecule has 0 radical (unpaired) electrons. The lowest BCUT2D eigenvalue weighted by molar-refractivity contribution is -0.140. The van der Waals surface area contributed by atoms with Gasteiger partial charge in [0.25, 0.3) is 0 Å². The molecular formula is C24H31ClN2O2. The summed E-state index contributed by atoms with van der Waals surface area (Å²) in [5, 5.41) is 3.59. The fourth-order valence-electron chi connectivity index (χ4n) is 3.26. The minimum atomic E-state index is -0.520. The van der Waals surface area contributed by atoms with Crippen LogP contribution in [0.15, 0.2) is 54.6 Å². The lowest BCUT2D eigenvalue weighted by Gasteiger charge is -2.33. The molecule has 0 aliphatic heterocycles. The fraction of sp³-hybridized carbons (Fsp3) is 0.417. The summed E-state index contributed by atoms with van der Waals surface area (Å²) in [7, 11) is 0. The van der Waals surface area contributed by atoms with E-state index in [0.717, 1.165) is 11.1 Å². The second-order valence-corrected chi connectivity index (χ2v) is 8.66. The summed E-state index contributed by atoms with van der Waals surface area (Å²) in [6, 6.07) is 16.8. The van der Waals surface area contributed by atoms with Gasteiger partial charge in [-0.2, -0.15) is 0 Å². The lowest BCUT2D eigenvalue weighted by atomic mass is 10.0. The zero-order valence-corrected chi connectivity index (χ0v) is 18.5. The number of halogens is 1. The molecule has 0 aliphatic rings. The van der Waals surface area contributed by atoms with Crippen molar-refractivity contribution in [2.75, 3.05) is 6.54 Å². The first-order chi connectivity index (χ1) is 13.7. The van der Waals surface area contributed by atoms with Crippen LogP contribution in [-0.2, 0) is 22.4 Å². The molecule has 0 aromatic heterocycles. The van der Waals surface area contributed by atoms with Crippen LogP contribution < -0.4 is 5.32 Å². The van der Waals surface area contributed by atoms with Gasteiger partial charge in [0.1, 0.15) is 6.04 Å². The van der Waals surface area contributed by atoms with Crippen LogP contribution in [-0.4, -0.2) is 34.8 Å². The monoisotopic (exact) mass is 414 g/mol. The SMILES string of the molecule is CC[C@H](C(=O)NC(C)(C)C)N(CCc1ccccc1)C(=O)Cc1ccccc1Cl. The molecule has 2 aromatic carbocycles. The van der Waals surface area contributed by atoms with Gasteiger partial charge in [0.05, 0.1) is 6.42 Å². The Balaban J connectivity index is 2.24. The highest BCUT2D eigenvalue weighted by Crippen LogP contribution is 2.18. The number of benzene rings is 2. The normalized spacial score (nSPS) is 12.3. The zero-order chi connectivity index (χ0) is 21.4. The third-order valence-corrected chi connectivity index (χ3v) is 5.04. The fourth-order valence-corrected chi connectivity index (χ4v) is 3.46. The van der Waals surface area contributed by atoms with E-state index in [1.165, 1.54) is 0 Å². The molecule has 0 unspecified atom stereocenters. The summed E-state index contributed by atoms with van der Waals surface area (Å²) in [5.41, 5.74) is 1.55. The summed E-state index contributed by atoms with van der Waals surface area (Å²) < 4.78 is 0. The molecule has 5 heteroatoms. The summed E-state index contributed by atoms with van der Waals surface area (Å²) in [6.45, 7) is 8.24. The van der Waals surface area contributed by atoms with Gasteiger partial charge in [0, 0.05) is 17.1 Å². The van der Waals surface area contributed by atoms with Crippen LogP contribution in [0.5, 0.6) is 0 Å². The molecule has 29 heavy (non-hydrogen) atoms. The van der Waals surface area contributed by atoms with E-state index in [2.05, 4.69) is 5.32 Å². The first-order valence-corrected chi connectivity index (χ1v) is 10.5. The Bertz CT molecular complexity index is 815. The molecule has 0 fully saturated rings. The van der Waals surface area contributed by atoms with Crippen molar-refractivity contribution in [2.45, 2.75) is 58.5 Å². The number of carbonyl (C=O) groups is 2. The largest absolute Gasteiger partial charge is 0.350 e. The Morgan fingerprint density at radius 3 is 2.24 bits per heavy atom. The van der Waals surface area contributed by atoms with E-state index < -0.39 is 6.04 Å². The van der Waals surface area contributed by atoms with Crippen LogP contribution in [0.2, 0.25) is 5.02 Å². The second-order valence-electron chi connectivity index (χ2n) is 8.25. The van der Waals surface area contributed by atoms with Crippen LogP contribution in [0.3, 0.4) is 0 Å². The maximum atomic E-state index is 13.2. The highest BCUT2D eigenvalue weighted by Gasteiger charge is 2.30. The average Bonchev–Trinajstić information content (AvgIpc) is 2.66. The molecule has 0 spiro atoms. The maximum Gasteiger partial charge on any atom is 0.243 e. The number of hydrogen-bond donors (Lipinski definition) is 1. The van der Waals surface area contributed by atoms with E-state index in [0.29, 0.717) is 24.4 Å². The van der Waals surface area contributed by atoms with Gasteiger partial charge >= 0.3 is 0 Å². The summed E-state index contributed by atoms with van der Waals surface area (Å²) in [4.78, 5) is 27.9. The number of carbonyl (C=O) groups excluding carboxylic acids is 2. The quantitative estimate of drug-likeness (QED) is 0.683. The van der Waals surface area contributed by atoms with Gasteiger partial charge in [0.2, 0.25) is 11.8 Å². The third-order valence-electron chi connectivity index (χ3n) is 4.67. The van der Waals surface area contributed by atoms with E-state index in [9.17, 15) is 9.59 Å². The Kier molecular flexibility index (Phi) is 8.27. The second kappa shape index (κ2) is 10.4. The molecule has 0 saturated carbocycles.